The first-order valence-electron chi connectivity index (χ1n) is 7.15. The van der Waals surface area contributed by atoms with Crippen molar-refractivity contribution in [2.45, 2.75) is 0 Å². The van der Waals surface area contributed by atoms with Crippen LogP contribution in [-0.4, -0.2) is 33.9 Å². The molecule has 0 spiro atoms. The maximum Gasteiger partial charge on any atom is 0.357 e. The lowest BCUT2D eigenvalue weighted by atomic mass is 9.97. The van der Waals surface area contributed by atoms with Crippen molar-refractivity contribution >= 4 is 22.7 Å². The summed E-state index contributed by atoms with van der Waals surface area (Å²) >= 11 is 0. The van der Waals surface area contributed by atoms with Crippen LogP contribution in [0.2, 0.25) is 0 Å². The van der Waals surface area contributed by atoms with Crippen LogP contribution in [0.1, 0.15) is 0 Å². The van der Waals surface area contributed by atoms with Crippen LogP contribution in [0.3, 0.4) is 0 Å². The summed E-state index contributed by atoms with van der Waals surface area (Å²) < 4.78 is 9.91. The lowest BCUT2D eigenvalue weighted by Crippen LogP contribution is -2.05. The van der Waals surface area contributed by atoms with Crippen molar-refractivity contribution in [3.05, 3.63) is 64.7 Å². The number of hydrogen-bond acceptors (Lipinski definition) is 10. The molecule has 0 aromatic heterocycles. The highest BCUT2D eigenvalue weighted by atomic mass is 16.6. The molecule has 0 aliphatic heterocycles. The fourth-order valence-electron chi connectivity index (χ4n) is 2.61. The van der Waals surface area contributed by atoms with Crippen LogP contribution in [0, 0.1) is 40.5 Å². The minimum atomic E-state index is -1.13. The Morgan fingerprint density at radius 1 is 0.643 bits per heavy atom. The Kier molecular flexibility index (Phi) is 5.33. The van der Waals surface area contributed by atoms with Crippen LogP contribution >= 0.6 is 0 Å². The Bertz CT molecular complexity index is 1020. The van der Waals surface area contributed by atoms with Crippen molar-refractivity contribution in [2.24, 2.45) is 0 Å². The van der Waals surface area contributed by atoms with Gasteiger partial charge in [0.25, 0.3) is 5.69 Å². The smallest absolute Gasteiger partial charge is 0.357 e. The molecule has 146 valence electrons. The monoisotopic (exact) mass is 394 g/mol. The lowest BCUT2D eigenvalue weighted by Gasteiger charge is -2.13. The molecule has 0 atom stereocenters. The summed E-state index contributed by atoms with van der Waals surface area (Å²) in [6.45, 7) is 0. The molecule has 0 saturated carbocycles. The van der Waals surface area contributed by atoms with Crippen LogP contribution in [0.15, 0.2) is 24.3 Å². The van der Waals surface area contributed by atoms with Gasteiger partial charge in [-0.15, -0.1) is 0 Å². The molecule has 0 amide bonds. The average Bonchev–Trinajstić information content (AvgIpc) is 2.64. The molecule has 2 rings (SSSR count). The summed E-state index contributed by atoms with van der Waals surface area (Å²) in [4.78, 5) is 41.5. The fourth-order valence-corrected chi connectivity index (χ4v) is 2.61. The highest BCUT2D eigenvalue weighted by Crippen LogP contribution is 2.52. The van der Waals surface area contributed by atoms with Gasteiger partial charge in [0, 0.05) is 18.2 Å². The second-order valence-electron chi connectivity index (χ2n) is 5.05. The van der Waals surface area contributed by atoms with Gasteiger partial charge in [0.05, 0.1) is 33.9 Å². The molecule has 0 fully saturated rings. The highest BCUT2D eigenvalue weighted by molar-refractivity contribution is 5.94. The largest absolute Gasteiger partial charge is 0.496 e. The molecular formula is C14H10N4O10. The zero-order valence-corrected chi connectivity index (χ0v) is 14.2. The Morgan fingerprint density at radius 2 is 1.14 bits per heavy atom. The van der Waals surface area contributed by atoms with E-state index in [1.165, 1.54) is 0 Å². The quantitative estimate of drug-likeness (QED) is 0.498. The normalized spacial score (nSPS) is 10.2. The van der Waals surface area contributed by atoms with E-state index in [0.717, 1.165) is 38.5 Å². The molecule has 0 radical (unpaired) electrons. The molecule has 0 aliphatic rings. The van der Waals surface area contributed by atoms with Gasteiger partial charge in [-0.05, 0) is 6.07 Å². The van der Waals surface area contributed by atoms with E-state index < -0.39 is 59.3 Å². The van der Waals surface area contributed by atoms with Crippen molar-refractivity contribution in [3.63, 3.8) is 0 Å². The first-order valence-corrected chi connectivity index (χ1v) is 7.15. The lowest BCUT2D eigenvalue weighted by molar-refractivity contribution is -0.422. The minimum Gasteiger partial charge on any atom is -0.496 e. The molecule has 0 heterocycles. The van der Waals surface area contributed by atoms with E-state index in [1.807, 2.05) is 0 Å². The maximum absolute atomic E-state index is 11.6. The third kappa shape index (κ3) is 3.20. The Hall–Kier alpha value is -4.36. The number of nitrogens with zero attached hydrogens (tertiary/aromatic N) is 4. The number of benzene rings is 2. The van der Waals surface area contributed by atoms with Crippen molar-refractivity contribution in [3.8, 4) is 22.6 Å². The summed E-state index contributed by atoms with van der Waals surface area (Å²) in [5, 5.41) is 45.6. The number of ether oxygens (including phenoxy) is 2. The van der Waals surface area contributed by atoms with Gasteiger partial charge >= 0.3 is 17.1 Å². The van der Waals surface area contributed by atoms with E-state index in [9.17, 15) is 40.5 Å². The first-order chi connectivity index (χ1) is 13.1. The zero-order chi connectivity index (χ0) is 21.2. The molecule has 14 nitrogen and oxygen atoms in total. The SMILES string of the molecule is COc1ccc([N+](=O)[O-])c([N+](=O)[O-])c1-c1c([N+](=O)[O-])ccc([N+](=O)[O-])c1OC. The zero-order valence-electron chi connectivity index (χ0n) is 14.2. The molecule has 0 aliphatic carbocycles. The third-order valence-electron chi connectivity index (χ3n) is 3.68. The topological polar surface area (TPSA) is 191 Å². The highest BCUT2D eigenvalue weighted by Gasteiger charge is 2.39. The van der Waals surface area contributed by atoms with E-state index in [2.05, 4.69) is 0 Å². The van der Waals surface area contributed by atoms with Gasteiger partial charge in [0.1, 0.15) is 16.9 Å². The van der Waals surface area contributed by atoms with Gasteiger partial charge < -0.3 is 9.47 Å². The molecule has 2 aromatic rings. The number of nitro groups is 4. The molecule has 28 heavy (non-hydrogen) atoms. The predicted octanol–water partition coefficient (Wildman–Crippen LogP) is 3.00. The number of rotatable bonds is 7. The van der Waals surface area contributed by atoms with Crippen LogP contribution in [0.25, 0.3) is 11.1 Å². The van der Waals surface area contributed by atoms with E-state index in [-0.39, 0.29) is 5.75 Å². The fraction of sp³-hybridized carbons (Fsp3) is 0.143. The van der Waals surface area contributed by atoms with Gasteiger partial charge in [-0.3, -0.25) is 40.5 Å². The second kappa shape index (κ2) is 7.48. The Labute approximate surface area is 154 Å². The van der Waals surface area contributed by atoms with Gasteiger partial charge in [0.2, 0.25) is 5.75 Å². The summed E-state index contributed by atoms with van der Waals surface area (Å²) in [7, 11) is 2.04. The molecular weight excluding hydrogens is 384 g/mol. The number of nitro benzene ring substituents is 4. The molecule has 2 aromatic carbocycles. The molecule has 14 heteroatoms. The number of hydrogen-bond donors (Lipinski definition) is 0. The van der Waals surface area contributed by atoms with Crippen LogP contribution in [-0.2, 0) is 0 Å². The van der Waals surface area contributed by atoms with Crippen molar-refractivity contribution in [2.75, 3.05) is 14.2 Å². The average molecular weight is 394 g/mol. The van der Waals surface area contributed by atoms with Crippen LogP contribution < -0.4 is 9.47 Å². The number of methoxy groups -OCH3 is 2. The summed E-state index contributed by atoms with van der Waals surface area (Å²) in [5.74, 6) is -1.03. The van der Waals surface area contributed by atoms with Crippen LogP contribution in [0.5, 0.6) is 11.5 Å². The minimum absolute atomic E-state index is 0.348. The van der Waals surface area contributed by atoms with Gasteiger partial charge in [-0.25, -0.2) is 0 Å². The van der Waals surface area contributed by atoms with Crippen LogP contribution in [0.4, 0.5) is 22.7 Å². The Morgan fingerprint density at radius 3 is 1.57 bits per heavy atom. The summed E-state index contributed by atoms with van der Waals surface area (Å²) in [6.07, 6.45) is 0. The van der Waals surface area contributed by atoms with Crippen molar-refractivity contribution in [1.29, 1.82) is 0 Å². The van der Waals surface area contributed by atoms with Gasteiger partial charge in [-0.2, -0.15) is 0 Å². The van der Waals surface area contributed by atoms with Gasteiger partial charge in [0.15, 0.2) is 0 Å². The van der Waals surface area contributed by atoms with E-state index >= 15 is 0 Å². The van der Waals surface area contributed by atoms with Crippen molar-refractivity contribution in [1.82, 2.24) is 0 Å². The summed E-state index contributed by atoms with van der Waals surface area (Å²) in [5.41, 5.74) is -5.02. The molecule has 0 bridgehead atoms. The van der Waals surface area contributed by atoms with E-state index in [4.69, 9.17) is 9.47 Å². The van der Waals surface area contributed by atoms with Crippen molar-refractivity contribution < 1.29 is 29.2 Å². The van der Waals surface area contributed by atoms with Gasteiger partial charge in [-0.1, -0.05) is 0 Å². The molecule has 0 unspecified atom stereocenters. The predicted molar refractivity (Wildman–Crippen MR) is 91.6 cm³/mol. The Balaban J connectivity index is 3.18. The van der Waals surface area contributed by atoms with E-state index in [0.29, 0.717) is 0 Å². The second-order valence-corrected chi connectivity index (χ2v) is 5.05. The third-order valence-corrected chi connectivity index (χ3v) is 3.68. The molecule has 0 saturated heterocycles. The van der Waals surface area contributed by atoms with E-state index in [1.54, 1.807) is 0 Å². The first kappa shape index (κ1) is 20.0. The summed E-state index contributed by atoms with van der Waals surface area (Å²) in [6, 6.07) is 3.31. The standard InChI is InChI=1S/C14H10N4O10/c1-27-10-6-5-8(16(21)22)13(18(25)26)12(10)11-7(15(19)20)3-4-9(17(23)24)14(11)28-2/h3-6H,1-2H3. The molecule has 0 N–H and O–H groups in total. The maximum atomic E-state index is 11.6.